The van der Waals surface area contributed by atoms with Gasteiger partial charge in [-0.1, -0.05) is 23.7 Å². The maximum absolute atomic E-state index is 12.7. The summed E-state index contributed by atoms with van der Waals surface area (Å²) in [5.74, 6) is 2.25. The zero-order valence-electron chi connectivity index (χ0n) is 10.1. The van der Waals surface area contributed by atoms with Crippen LogP contribution in [0, 0.1) is 12.0 Å². The Morgan fingerprint density at radius 1 is 1.26 bits per heavy atom. The van der Waals surface area contributed by atoms with E-state index in [1.807, 2.05) is 0 Å². The van der Waals surface area contributed by atoms with E-state index in [-0.39, 0.29) is 0 Å². The summed E-state index contributed by atoms with van der Waals surface area (Å²) in [6, 6.07) is 12.3. The molecule has 1 atom stereocenters. The van der Waals surface area contributed by atoms with Gasteiger partial charge in [0.2, 0.25) is 0 Å². The molecule has 2 rings (SSSR count). The van der Waals surface area contributed by atoms with Gasteiger partial charge in [-0.05, 0) is 31.0 Å². The summed E-state index contributed by atoms with van der Waals surface area (Å²) in [7, 11) is 0. The molecule has 1 aromatic carbocycles. The van der Waals surface area contributed by atoms with Crippen molar-refractivity contribution in [2.45, 2.75) is 13.1 Å². The van der Waals surface area contributed by atoms with Gasteiger partial charge in [-0.15, -0.1) is 0 Å². The van der Waals surface area contributed by atoms with Gasteiger partial charge in [-0.2, -0.15) is 9.78 Å². The number of alkyl halides is 1. The van der Waals surface area contributed by atoms with Gasteiger partial charge in [-0.25, -0.2) is 4.39 Å². The summed E-state index contributed by atoms with van der Waals surface area (Å²) in [6.45, 7) is 1.29. The molecule has 0 saturated carbocycles. The normalized spacial score (nSPS) is 11.5. The molecule has 0 bridgehead atoms. The van der Waals surface area contributed by atoms with E-state index < -0.39 is 11.7 Å². The third kappa shape index (κ3) is 3.43. The predicted molar refractivity (Wildman–Crippen MR) is 72.7 cm³/mol. The van der Waals surface area contributed by atoms with Crippen molar-refractivity contribution in [3.63, 3.8) is 0 Å². The van der Waals surface area contributed by atoms with E-state index in [4.69, 9.17) is 11.6 Å². The number of halogens is 2. The second-order valence-electron chi connectivity index (χ2n) is 3.85. The Balaban J connectivity index is 2.44. The third-order valence-corrected chi connectivity index (χ3v) is 2.56. The van der Waals surface area contributed by atoms with Crippen molar-refractivity contribution in [2.75, 3.05) is 0 Å². The average molecular weight is 277 g/mol. The molecule has 0 spiro atoms. The predicted octanol–water partition coefficient (Wildman–Crippen LogP) is 2.73. The van der Waals surface area contributed by atoms with E-state index in [1.54, 1.807) is 30.3 Å². The Morgan fingerprint density at radius 2 is 1.95 bits per heavy atom. The largest absolute Gasteiger partial charge is 0.279 e. The fourth-order valence-electron chi connectivity index (χ4n) is 1.42. The maximum atomic E-state index is 12.7. The molecular formula is C14H10ClFN2O. The Bertz CT molecular complexity index is 696. The van der Waals surface area contributed by atoms with Crippen LogP contribution in [0.3, 0.4) is 0 Å². The van der Waals surface area contributed by atoms with Gasteiger partial charge < -0.3 is 0 Å². The van der Waals surface area contributed by atoms with E-state index >= 15 is 0 Å². The van der Waals surface area contributed by atoms with Gasteiger partial charge in [0.25, 0.3) is 5.56 Å². The number of hydrogen-bond acceptors (Lipinski definition) is 2. The van der Waals surface area contributed by atoms with Crippen LogP contribution in [0.4, 0.5) is 4.39 Å². The number of rotatable bonds is 1. The molecule has 0 amide bonds. The first-order valence-electron chi connectivity index (χ1n) is 5.58. The Morgan fingerprint density at radius 3 is 2.58 bits per heavy atom. The molecule has 1 aromatic heterocycles. The lowest BCUT2D eigenvalue weighted by atomic mass is 10.1. The zero-order valence-corrected chi connectivity index (χ0v) is 10.9. The van der Waals surface area contributed by atoms with Crippen LogP contribution in [0.5, 0.6) is 0 Å². The fraction of sp³-hybridized carbons (Fsp3) is 0.143. The monoisotopic (exact) mass is 276 g/mol. The van der Waals surface area contributed by atoms with Crippen molar-refractivity contribution in [2.24, 2.45) is 0 Å². The summed E-state index contributed by atoms with van der Waals surface area (Å²) >= 11 is 5.80. The molecule has 0 aliphatic rings. The summed E-state index contributed by atoms with van der Waals surface area (Å²) in [5.41, 5.74) is 0.969. The van der Waals surface area contributed by atoms with Crippen LogP contribution in [0.15, 0.2) is 41.2 Å². The first kappa shape index (κ1) is 13.3. The molecule has 5 heteroatoms. The molecule has 1 heterocycles. The minimum absolute atomic E-state index is 0.397. The molecule has 0 radical (unpaired) electrons. The Labute approximate surface area is 114 Å². The lowest BCUT2D eigenvalue weighted by molar-refractivity contribution is 0.443. The number of hydrogen-bond donors (Lipinski definition) is 0. The van der Waals surface area contributed by atoms with E-state index in [0.29, 0.717) is 10.7 Å². The summed E-state index contributed by atoms with van der Waals surface area (Å²) in [4.78, 5) is 11.5. The first-order valence-corrected chi connectivity index (χ1v) is 5.96. The smallest absolute Gasteiger partial charge is 0.267 e. The van der Waals surface area contributed by atoms with Crippen LogP contribution < -0.4 is 5.56 Å². The van der Waals surface area contributed by atoms with Gasteiger partial charge in [0.05, 0.1) is 5.69 Å². The fourth-order valence-corrected chi connectivity index (χ4v) is 1.54. The number of nitrogens with zero attached hydrogens (tertiary/aromatic N) is 2. The first-order chi connectivity index (χ1) is 9.06. The average Bonchev–Trinajstić information content (AvgIpc) is 2.39. The molecule has 0 aliphatic heterocycles. The van der Waals surface area contributed by atoms with Crippen molar-refractivity contribution in [3.05, 3.63) is 51.8 Å². The van der Waals surface area contributed by atoms with Crippen LogP contribution in [0.25, 0.3) is 11.3 Å². The summed E-state index contributed by atoms with van der Waals surface area (Å²) < 4.78 is 13.6. The molecule has 2 aromatic rings. The number of aromatic nitrogens is 2. The summed E-state index contributed by atoms with van der Waals surface area (Å²) in [5, 5.41) is 4.68. The molecule has 19 heavy (non-hydrogen) atoms. The van der Waals surface area contributed by atoms with E-state index in [1.165, 1.54) is 13.0 Å². The minimum atomic E-state index is -1.31. The van der Waals surface area contributed by atoms with Gasteiger partial charge in [0, 0.05) is 22.7 Å². The lowest BCUT2D eigenvalue weighted by Gasteiger charge is -2.02. The van der Waals surface area contributed by atoms with Crippen molar-refractivity contribution in [1.82, 2.24) is 9.78 Å². The van der Waals surface area contributed by atoms with E-state index in [9.17, 15) is 9.18 Å². The van der Waals surface area contributed by atoms with Crippen molar-refractivity contribution >= 4 is 11.6 Å². The highest BCUT2D eigenvalue weighted by molar-refractivity contribution is 6.30. The summed E-state index contributed by atoms with van der Waals surface area (Å²) in [6.07, 6.45) is -1.31. The third-order valence-electron chi connectivity index (χ3n) is 2.31. The highest BCUT2D eigenvalue weighted by atomic mass is 35.5. The molecule has 96 valence electrons. The van der Waals surface area contributed by atoms with Crippen LogP contribution in [-0.4, -0.2) is 16.0 Å². The van der Waals surface area contributed by atoms with Crippen molar-refractivity contribution < 1.29 is 4.39 Å². The molecule has 0 saturated heterocycles. The lowest BCUT2D eigenvalue weighted by Crippen LogP contribution is -2.18. The van der Waals surface area contributed by atoms with Gasteiger partial charge >= 0.3 is 0 Å². The highest BCUT2D eigenvalue weighted by Crippen LogP contribution is 2.18. The van der Waals surface area contributed by atoms with Gasteiger partial charge in [0.1, 0.15) is 0 Å². The number of benzene rings is 1. The van der Waals surface area contributed by atoms with Crippen molar-refractivity contribution in [3.8, 4) is 23.2 Å². The quantitative estimate of drug-likeness (QED) is 0.751. The van der Waals surface area contributed by atoms with E-state index in [2.05, 4.69) is 17.1 Å². The minimum Gasteiger partial charge on any atom is -0.267 e. The molecular weight excluding hydrogens is 267 g/mol. The second kappa shape index (κ2) is 5.68. The van der Waals surface area contributed by atoms with Crippen LogP contribution in [0.2, 0.25) is 5.02 Å². The van der Waals surface area contributed by atoms with Crippen LogP contribution in [0.1, 0.15) is 6.92 Å². The van der Waals surface area contributed by atoms with Gasteiger partial charge in [-0.3, -0.25) is 4.79 Å². The molecule has 0 fully saturated rings. The second-order valence-corrected chi connectivity index (χ2v) is 4.28. The molecule has 0 aliphatic carbocycles. The van der Waals surface area contributed by atoms with Crippen LogP contribution >= 0.6 is 11.6 Å². The van der Waals surface area contributed by atoms with E-state index in [0.717, 1.165) is 10.2 Å². The molecule has 1 unspecified atom stereocenters. The zero-order chi connectivity index (χ0) is 13.8. The topological polar surface area (TPSA) is 34.9 Å². The Kier molecular flexibility index (Phi) is 3.98. The van der Waals surface area contributed by atoms with Gasteiger partial charge in [0.15, 0.2) is 6.17 Å². The van der Waals surface area contributed by atoms with Crippen LogP contribution in [-0.2, 0) is 0 Å². The SMILES string of the molecule is CC(F)C#Cn1nc(-c2ccc(Cl)cc2)ccc1=O. The maximum Gasteiger partial charge on any atom is 0.279 e. The Hall–Kier alpha value is -2.12. The standard InChI is InChI=1S/C14H10ClFN2O/c1-10(16)8-9-18-14(19)7-6-13(17-18)11-2-4-12(15)5-3-11/h2-7,10H,1H3. The molecule has 3 nitrogen and oxygen atoms in total. The molecule has 0 N–H and O–H groups in total. The highest BCUT2D eigenvalue weighted by Gasteiger charge is 2.02. The van der Waals surface area contributed by atoms with Crippen molar-refractivity contribution in [1.29, 1.82) is 0 Å².